The zero-order valence-corrected chi connectivity index (χ0v) is 10.2. The fraction of sp³-hybridized carbons (Fsp3) is 1.00. The van der Waals surface area contributed by atoms with Gasteiger partial charge in [0.25, 0.3) is 0 Å². The van der Waals surface area contributed by atoms with E-state index in [1.807, 2.05) is 0 Å². The number of aliphatic hydroxyl groups is 2. The Morgan fingerprint density at radius 2 is 1.87 bits per heavy atom. The highest BCUT2D eigenvalue weighted by Gasteiger charge is 2.57. The topological polar surface area (TPSA) is 40.5 Å². The summed E-state index contributed by atoms with van der Waals surface area (Å²) in [6.45, 7) is 7.01. The van der Waals surface area contributed by atoms with Crippen molar-refractivity contribution in [3.05, 3.63) is 0 Å². The molecule has 2 heteroatoms. The molecule has 0 aromatic rings. The van der Waals surface area contributed by atoms with Crippen molar-refractivity contribution < 1.29 is 10.2 Å². The molecule has 0 aromatic heterocycles. The predicted molar refractivity (Wildman–Crippen MR) is 60.4 cm³/mol. The van der Waals surface area contributed by atoms with Crippen molar-refractivity contribution >= 4 is 0 Å². The Kier molecular flexibility index (Phi) is 2.63. The van der Waals surface area contributed by atoms with Crippen LogP contribution < -0.4 is 0 Å². The fourth-order valence-corrected chi connectivity index (χ4v) is 4.25. The van der Waals surface area contributed by atoms with E-state index in [4.69, 9.17) is 0 Å². The van der Waals surface area contributed by atoms with Crippen molar-refractivity contribution in [3.63, 3.8) is 0 Å². The molecule has 2 aliphatic rings. The van der Waals surface area contributed by atoms with E-state index < -0.39 is 0 Å². The average Bonchev–Trinajstić information content (AvgIpc) is 2.41. The summed E-state index contributed by atoms with van der Waals surface area (Å²) in [6, 6.07) is 0. The van der Waals surface area contributed by atoms with Crippen LogP contribution in [0.15, 0.2) is 0 Å². The molecule has 0 amide bonds. The van der Waals surface area contributed by atoms with Crippen molar-refractivity contribution in [2.24, 2.45) is 22.7 Å². The number of fused-ring (bicyclic) bond motifs is 1. The Labute approximate surface area is 92.7 Å². The minimum absolute atomic E-state index is 0.0507. The molecule has 2 rings (SSSR count). The normalized spacial score (nSPS) is 49.0. The maximum absolute atomic E-state index is 10.3. The monoisotopic (exact) mass is 212 g/mol. The smallest absolute Gasteiger partial charge is 0.0646 e. The summed E-state index contributed by atoms with van der Waals surface area (Å²) in [6.07, 6.45) is 4.31. The van der Waals surface area contributed by atoms with E-state index in [2.05, 4.69) is 20.8 Å². The number of hydrogen-bond donors (Lipinski definition) is 2. The highest BCUT2D eigenvalue weighted by atomic mass is 16.3. The molecule has 0 unspecified atom stereocenters. The molecule has 0 spiro atoms. The number of rotatable bonds is 1. The molecular formula is C13H24O2. The van der Waals surface area contributed by atoms with Gasteiger partial charge in [-0.3, -0.25) is 0 Å². The standard InChI is InChI=1S/C13H24O2/c1-12(2)5-4-6-13(3)10(12)7-9(8-14)11(13)15/h9-11,14-15H,4-8H2,1-3H3/t9-,10+,11+,13-/m1/s1. The Bertz CT molecular complexity index is 249. The van der Waals surface area contributed by atoms with Crippen molar-refractivity contribution in [2.75, 3.05) is 6.61 Å². The van der Waals surface area contributed by atoms with Crippen LogP contribution in [0.4, 0.5) is 0 Å². The van der Waals surface area contributed by atoms with Crippen LogP contribution in [0.5, 0.6) is 0 Å². The Balaban J connectivity index is 2.29. The summed E-state index contributed by atoms with van der Waals surface area (Å²) >= 11 is 0. The minimum Gasteiger partial charge on any atom is -0.396 e. The van der Waals surface area contributed by atoms with Crippen LogP contribution in [0.2, 0.25) is 0 Å². The Hall–Kier alpha value is -0.0800. The van der Waals surface area contributed by atoms with Gasteiger partial charge in [-0.2, -0.15) is 0 Å². The first-order valence-corrected chi connectivity index (χ1v) is 6.21. The Morgan fingerprint density at radius 3 is 2.40 bits per heavy atom. The third-order valence-corrected chi connectivity index (χ3v) is 5.17. The van der Waals surface area contributed by atoms with E-state index in [1.54, 1.807) is 0 Å². The van der Waals surface area contributed by atoms with Crippen molar-refractivity contribution in [1.82, 2.24) is 0 Å². The first-order valence-electron chi connectivity index (χ1n) is 6.21. The first kappa shape index (κ1) is 11.4. The van der Waals surface area contributed by atoms with Gasteiger partial charge in [0.2, 0.25) is 0 Å². The molecule has 0 saturated heterocycles. The van der Waals surface area contributed by atoms with Gasteiger partial charge in [0.1, 0.15) is 0 Å². The third-order valence-electron chi connectivity index (χ3n) is 5.17. The van der Waals surface area contributed by atoms with Gasteiger partial charge in [-0.25, -0.2) is 0 Å². The van der Waals surface area contributed by atoms with Crippen LogP contribution >= 0.6 is 0 Å². The Morgan fingerprint density at radius 1 is 1.20 bits per heavy atom. The summed E-state index contributed by atoms with van der Waals surface area (Å²) in [5.74, 6) is 0.684. The van der Waals surface area contributed by atoms with E-state index in [-0.39, 0.29) is 24.0 Å². The van der Waals surface area contributed by atoms with E-state index in [0.717, 1.165) is 12.8 Å². The van der Waals surface area contributed by atoms with Crippen molar-refractivity contribution in [3.8, 4) is 0 Å². The lowest BCUT2D eigenvalue weighted by Gasteiger charge is -2.48. The van der Waals surface area contributed by atoms with Crippen LogP contribution in [0.25, 0.3) is 0 Å². The molecule has 88 valence electrons. The third kappa shape index (κ3) is 1.53. The molecule has 0 bridgehead atoms. The zero-order valence-electron chi connectivity index (χ0n) is 10.2. The molecule has 15 heavy (non-hydrogen) atoms. The number of hydrogen-bond acceptors (Lipinski definition) is 2. The summed E-state index contributed by atoms with van der Waals surface area (Å²) < 4.78 is 0. The highest BCUT2D eigenvalue weighted by molar-refractivity contribution is 5.06. The number of aliphatic hydroxyl groups excluding tert-OH is 2. The van der Waals surface area contributed by atoms with Crippen LogP contribution in [0, 0.1) is 22.7 Å². The minimum atomic E-state index is -0.299. The molecule has 2 aliphatic carbocycles. The van der Waals surface area contributed by atoms with Gasteiger partial charge in [-0.05, 0) is 36.0 Å². The van der Waals surface area contributed by atoms with Gasteiger partial charge in [-0.15, -0.1) is 0 Å². The quantitative estimate of drug-likeness (QED) is 0.699. The summed E-state index contributed by atoms with van der Waals surface area (Å²) in [4.78, 5) is 0. The van der Waals surface area contributed by atoms with Crippen molar-refractivity contribution in [2.45, 2.75) is 52.6 Å². The second-order valence-corrected chi connectivity index (χ2v) is 6.52. The zero-order chi connectivity index (χ0) is 11.3. The van der Waals surface area contributed by atoms with Crippen molar-refractivity contribution in [1.29, 1.82) is 0 Å². The van der Waals surface area contributed by atoms with E-state index in [0.29, 0.717) is 11.3 Å². The molecule has 0 aliphatic heterocycles. The lowest BCUT2D eigenvalue weighted by atomic mass is 9.57. The van der Waals surface area contributed by atoms with Crippen LogP contribution in [0.1, 0.15) is 46.5 Å². The van der Waals surface area contributed by atoms with Crippen LogP contribution in [-0.4, -0.2) is 22.9 Å². The van der Waals surface area contributed by atoms with Gasteiger partial charge in [0.05, 0.1) is 6.10 Å². The van der Waals surface area contributed by atoms with Gasteiger partial charge in [0.15, 0.2) is 0 Å². The largest absolute Gasteiger partial charge is 0.396 e. The second kappa shape index (κ2) is 3.46. The molecule has 0 heterocycles. The molecule has 2 fully saturated rings. The molecule has 2 saturated carbocycles. The molecular weight excluding hydrogens is 188 g/mol. The lowest BCUT2D eigenvalue weighted by molar-refractivity contribution is -0.0510. The SMILES string of the molecule is CC1(C)CCC[C@@]2(C)[C@@H](O)[C@@H](CO)C[C@@H]12. The second-order valence-electron chi connectivity index (χ2n) is 6.52. The summed E-state index contributed by atoms with van der Waals surface area (Å²) in [7, 11) is 0. The average molecular weight is 212 g/mol. The molecule has 2 nitrogen and oxygen atoms in total. The van der Waals surface area contributed by atoms with E-state index >= 15 is 0 Å². The van der Waals surface area contributed by atoms with Gasteiger partial charge >= 0.3 is 0 Å². The summed E-state index contributed by atoms with van der Waals surface area (Å²) in [5.41, 5.74) is 0.382. The lowest BCUT2D eigenvalue weighted by Crippen LogP contribution is -2.44. The predicted octanol–water partition coefficient (Wildman–Crippen LogP) is 2.19. The highest BCUT2D eigenvalue weighted by Crippen LogP contribution is 2.60. The van der Waals surface area contributed by atoms with Gasteiger partial charge in [0, 0.05) is 12.5 Å². The van der Waals surface area contributed by atoms with Crippen LogP contribution in [0.3, 0.4) is 0 Å². The maximum atomic E-state index is 10.3. The van der Waals surface area contributed by atoms with Crippen LogP contribution in [-0.2, 0) is 0 Å². The molecule has 2 N–H and O–H groups in total. The molecule has 0 radical (unpaired) electrons. The maximum Gasteiger partial charge on any atom is 0.0646 e. The first-order chi connectivity index (χ1) is 6.92. The fourth-order valence-electron chi connectivity index (χ4n) is 4.25. The van der Waals surface area contributed by atoms with Gasteiger partial charge < -0.3 is 10.2 Å². The van der Waals surface area contributed by atoms with E-state index in [1.165, 1.54) is 12.8 Å². The van der Waals surface area contributed by atoms with Gasteiger partial charge in [-0.1, -0.05) is 27.2 Å². The summed E-state index contributed by atoms with van der Waals surface area (Å²) in [5, 5.41) is 19.6. The molecule has 4 atom stereocenters. The van der Waals surface area contributed by atoms with E-state index in [9.17, 15) is 10.2 Å². The molecule has 0 aromatic carbocycles.